The molecule has 0 aliphatic carbocycles. The number of hydrogen-bond donors (Lipinski definition) is 1. The van der Waals surface area contributed by atoms with E-state index in [0.717, 1.165) is 50.1 Å². The summed E-state index contributed by atoms with van der Waals surface area (Å²) in [5.74, 6) is 1.35. The van der Waals surface area contributed by atoms with Crippen LogP contribution in [-0.2, 0) is 6.54 Å². The van der Waals surface area contributed by atoms with Crippen molar-refractivity contribution in [1.29, 1.82) is 0 Å². The first kappa shape index (κ1) is 10.2. The van der Waals surface area contributed by atoms with Crippen LogP contribution >= 0.6 is 0 Å². The second-order valence-electron chi connectivity index (χ2n) is 4.88. The van der Waals surface area contributed by atoms with Crippen LogP contribution in [0.5, 0.6) is 0 Å². The van der Waals surface area contributed by atoms with Gasteiger partial charge in [0, 0.05) is 25.8 Å². The zero-order chi connectivity index (χ0) is 11.0. The summed E-state index contributed by atoms with van der Waals surface area (Å²) in [5, 5.41) is 3.42. The van der Waals surface area contributed by atoms with Crippen LogP contribution in [0.25, 0.3) is 0 Å². The third kappa shape index (κ3) is 1.95. The maximum Gasteiger partial charge on any atom is 0.141 e. The Labute approximate surface area is 94.7 Å². The molecule has 0 saturated carbocycles. The maximum absolute atomic E-state index is 13.0. The number of likely N-dealkylation sites (tertiary alicyclic amines) is 1. The lowest BCUT2D eigenvalue weighted by molar-refractivity contribution is 0.305. The predicted molar refractivity (Wildman–Crippen MR) is 59.3 cm³/mol. The Morgan fingerprint density at radius 3 is 2.75 bits per heavy atom. The van der Waals surface area contributed by atoms with Gasteiger partial charge in [0.05, 0.1) is 6.20 Å². The van der Waals surface area contributed by atoms with Gasteiger partial charge < -0.3 is 5.32 Å². The van der Waals surface area contributed by atoms with Gasteiger partial charge in [-0.25, -0.2) is 4.39 Å². The summed E-state index contributed by atoms with van der Waals surface area (Å²) in [5.41, 5.74) is 0.980. The van der Waals surface area contributed by atoms with Crippen LogP contribution in [-0.4, -0.2) is 36.1 Å². The molecule has 2 aliphatic rings. The van der Waals surface area contributed by atoms with E-state index in [1.807, 2.05) is 0 Å². The lowest BCUT2D eigenvalue weighted by Crippen LogP contribution is -2.25. The molecule has 0 bridgehead atoms. The molecule has 1 aromatic heterocycles. The number of nitrogens with one attached hydrogen (secondary N) is 1. The van der Waals surface area contributed by atoms with Gasteiger partial charge in [-0.3, -0.25) is 9.88 Å². The molecule has 0 unspecified atom stereocenters. The summed E-state index contributed by atoms with van der Waals surface area (Å²) in [6.45, 7) is 5.38. The molecule has 1 N–H and O–H groups in total. The highest BCUT2D eigenvalue weighted by Crippen LogP contribution is 2.27. The Morgan fingerprint density at radius 2 is 2.06 bits per heavy atom. The van der Waals surface area contributed by atoms with E-state index in [-0.39, 0.29) is 5.82 Å². The van der Waals surface area contributed by atoms with Crippen molar-refractivity contribution in [3.63, 3.8) is 0 Å². The normalized spacial score (nSPS) is 29.6. The molecule has 3 rings (SSSR count). The van der Waals surface area contributed by atoms with Gasteiger partial charge in [0.25, 0.3) is 0 Å². The van der Waals surface area contributed by atoms with E-state index < -0.39 is 0 Å². The third-order valence-corrected chi connectivity index (χ3v) is 3.63. The Bertz CT molecular complexity index is 370. The highest BCUT2D eigenvalue weighted by molar-refractivity contribution is 5.10. The van der Waals surface area contributed by atoms with Crippen molar-refractivity contribution in [3.05, 3.63) is 29.8 Å². The Hall–Kier alpha value is -1.00. The molecule has 1 aromatic rings. The molecule has 16 heavy (non-hydrogen) atoms. The fraction of sp³-hybridized carbons (Fsp3) is 0.583. The molecule has 2 atom stereocenters. The summed E-state index contributed by atoms with van der Waals surface area (Å²) >= 11 is 0. The lowest BCUT2D eigenvalue weighted by atomic mass is 10.0. The summed E-state index contributed by atoms with van der Waals surface area (Å²) in [7, 11) is 0. The number of halogens is 1. The van der Waals surface area contributed by atoms with Gasteiger partial charge in [0.1, 0.15) is 5.82 Å². The zero-order valence-electron chi connectivity index (χ0n) is 9.19. The van der Waals surface area contributed by atoms with E-state index in [1.165, 1.54) is 6.20 Å². The van der Waals surface area contributed by atoms with Crippen LogP contribution in [0.15, 0.2) is 18.5 Å². The van der Waals surface area contributed by atoms with Crippen LogP contribution in [0.1, 0.15) is 5.56 Å². The van der Waals surface area contributed by atoms with Crippen molar-refractivity contribution in [2.24, 2.45) is 11.8 Å². The molecule has 0 amide bonds. The van der Waals surface area contributed by atoms with Crippen molar-refractivity contribution in [3.8, 4) is 0 Å². The molecule has 3 nitrogen and oxygen atoms in total. The quantitative estimate of drug-likeness (QED) is 0.803. The van der Waals surface area contributed by atoms with Crippen LogP contribution in [0.4, 0.5) is 4.39 Å². The molecule has 3 heterocycles. The predicted octanol–water partition coefficient (Wildman–Crippen LogP) is 0.872. The van der Waals surface area contributed by atoms with Gasteiger partial charge >= 0.3 is 0 Å². The highest BCUT2D eigenvalue weighted by atomic mass is 19.1. The average molecular weight is 221 g/mol. The lowest BCUT2D eigenvalue weighted by Gasteiger charge is -2.16. The van der Waals surface area contributed by atoms with Crippen molar-refractivity contribution in [2.75, 3.05) is 26.2 Å². The minimum atomic E-state index is -0.237. The molecular formula is C12H16FN3. The van der Waals surface area contributed by atoms with Crippen molar-refractivity contribution in [2.45, 2.75) is 6.54 Å². The topological polar surface area (TPSA) is 28.2 Å². The van der Waals surface area contributed by atoms with Gasteiger partial charge in [-0.1, -0.05) is 0 Å². The second-order valence-corrected chi connectivity index (χ2v) is 4.88. The third-order valence-electron chi connectivity index (χ3n) is 3.63. The minimum Gasteiger partial charge on any atom is -0.316 e. The van der Waals surface area contributed by atoms with Gasteiger partial charge in [-0.05, 0) is 36.6 Å². The molecular weight excluding hydrogens is 205 g/mol. The average Bonchev–Trinajstić information content (AvgIpc) is 2.77. The Kier molecular flexibility index (Phi) is 2.61. The van der Waals surface area contributed by atoms with E-state index in [2.05, 4.69) is 15.2 Å². The van der Waals surface area contributed by atoms with E-state index in [0.29, 0.717) is 0 Å². The first-order chi connectivity index (χ1) is 7.81. The van der Waals surface area contributed by atoms with Crippen LogP contribution in [0.3, 0.4) is 0 Å². The Balaban J connectivity index is 1.64. The smallest absolute Gasteiger partial charge is 0.141 e. The van der Waals surface area contributed by atoms with Crippen LogP contribution < -0.4 is 5.32 Å². The standard InChI is InChI=1S/C12H16FN3/c13-12-1-9(2-14-5-12)6-16-7-10-3-15-4-11(10)8-16/h1-2,5,10-11,15H,3-4,6-8H2/t10-,11+. The van der Waals surface area contributed by atoms with Gasteiger partial charge in [0.2, 0.25) is 0 Å². The molecule has 4 heteroatoms. The fourth-order valence-corrected chi connectivity index (χ4v) is 2.88. The fourth-order valence-electron chi connectivity index (χ4n) is 2.88. The summed E-state index contributed by atoms with van der Waals surface area (Å²) in [4.78, 5) is 6.29. The molecule has 0 aromatic carbocycles. The monoisotopic (exact) mass is 221 g/mol. The largest absolute Gasteiger partial charge is 0.316 e. The molecule has 0 radical (unpaired) electrons. The number of nitrogens with zero attached hydrogens (tertiary/aromatic N) is 2. The molecule has 0 spiro atoms. The van der Waals surface area contributed by atoms with Crippen molar-refractivity contribution in [1.82, 2.24) is 15.2 Å². The maximum atomic E-state index is 13.0. The second kappa shape index (κ2) is 4.11. The van der Waals surface area contributed by atoms with Gasteiger partial charge in [0.15, 0.2) is 0 Å². The van der Waals surface area contributed by atoms with Crippen molar-refractivity contribution < 1.29 is 4.39 Å². The first-order valence-electron chi connectivity index (χ1n) is 5.84. The number of aromatic nitrogens is 1. The first-order valence-corrected chi connectivity index (χ1v) is 5.84. The summed E-state index contributed by atoms with van der Waals surface area (Å²) in [6.07, 6.45) is 3.02. The van der Waals surface area contributed by atoms with Crippen LogP contribution in [0, 0.1) is 17.7 Å². The Morgan fingerprint density at radius 1 is 1.31 bits per heavy atom. The molecule has 2 aliphatic heterocycles. The molecule has 2 fully saturated rings. The number of hydrogen-bond acceptors (Lipinski definition) is 3. The van der Waals surface area contributed by atoms with Gasteiger partial charge in [-0.2, -0.15) is 0 Å². The van der Waals surface area contributed by atoms with E-state index >= 15 is 0 Å². The number of rotatable bonds is 2. The molecule has 86 valence electrons. The SMILES string of the molecule is Fc1cncc(CN2C[C@H]3CNC[C@H]3C2)c1. The molecule has 2 saturated heterocycles. The number of pyridine rings is 1. The summed E-state index contributed by atoms with van der Waals surface area (Å²) in [6, 6.07) is 1.58. The van der Waals surface area contributed by atoms with Gasteiger partial charge in [-0.15, -0.1) is 0 Å². The number of fused-ring (bicyclic) bond motifs is 1. The zero-order valence-corrected chi connectivity index (χ0v) is 9.19. The van der Waals surface area contributed by atoms with E-state index in [9.17, 15) is 4.39 Å². The van der Waals surface area contributed by atoms with E-state index in [4.69, 9.17) is 0 Å². The van der Waals surface area contributed by atoms with Crippen molar-refractivity contribution >= 4 is 0 Å². The highest BCUT2D eigenvalue weighted by Gasteiger charge is 2.35. The summed E-state index contributed by atoms with van der Waals surface area (Å²) < 4.78 is 13.0. The van der Waals surface area contributed by atoms with E-state index in [1.54, 1.807) is 12.3 Å². The minimum absolute atomic E-state index is 0.237. The van der Waals surface area contributed by atoms with Crippen LogP contribution in [0.2, 0.25) is 0 Å².